The van der Waals surface area contributed by atoms with Crippen LogP contribution in [0.4, 0.5) is 0 Å². The van der Waals surface area contributed by atoms with Gasteiger partial charge in [0.05, 0.1) is 0 Å². The molecule has 6 nitrogen and oxygen atoms in total. The molecule has 0 saturated heterocycles. The summed E-state index contributed by atoms with van der Waals surface area (Å²) < 4.78 is 5.61. The molecule has 0 aromatic heterocycles. The normalized spacial score (nSPS) is 10.9. The Bertz CT molecular complexity index is 634. The van der Waals surface area contributed by atoms with Gasteiger partial charge in [-0.2, -0.15) is 0 Å². The van der Waals surface area contributed by atoms with Crippen LogP contribution in [0.2, 0.25) is 5.02 Å². The number of aryl methyl sites for hydroxylation is 1. The molecule has 2 aromatic rings. The molecule has 4 N–H and O–H groups in total. The third-order valence-corrected chi connectivity index (χ3v) is 3.10. The number of ether oxygens (including phenoxy) is 1. The first kappa shape index (κ1) is 19.5. The Morgan fingerprint density at radius 2 is 1.54 bits per heavy atom. The standard InChI is InChI=1S/C15H16ClNO.C2H2O4/c16-13-7-9-14(10-8-13)18-15(17)11-6-12-4-2-1-3-5-12;3-1(4)2(5)6/h1-5,7-10,15H,6,11,17H2;(H,3,4)(H,5,6). The first-order valence-corrected chi connectivity index (χ1v) is 7.44. The van der Waals surface area contributed by atoms with Crippen molar-refractivity contribution in [2.45, 2.75) is 19.1 Å². The lowest BCUT2D eigenvalue weighted by molar-refractivity contribution is -0.159. The average Bonchev–Trinajstić information content (AvgIpc) is 2.56. The molecule has 7 heteroatoms. The van der Waals surface area contributed by atoms with Crippen LogP contribution < -0.4 is 10.5 Å². The molecule has 2 rings (SSSR count). The predicted molar refractivity (Wildman–Crippen MR) is 90.1 cm³/mol. The van der Waals surface area contributed by atoms with Crippen LogP contribution in [0.3, 0.4) is 0 Å². The number of carboxylic acid groups (broad SMARTS) is 2. The van der Waals surface area contributed by atoms with E-state index in [0.29, 0.717) is 5.02 Å². The first-order valence-electron chi connectivity index (χ1n) is 7.06. The van der Waals surface area contributed by atoms with Crippen molar-refractivity contribution in [3.05, 3.63) is 65.2 Å². The van der Waals surface area contributed by atoms with Gasteiger partial charge in [-0.05, 0) is 36.2 Å². The van der Waals surface area contributed by atoms with Gasteiger partial charge >= 0.3 is 11.9 Å². The van der Waals surface area contributed by atoms with E-state index in [2.05, 4.69) is 12.1 Å². The van der Waals surface area contributed by atoms with E-state index in [1.165, 1.54) is 5.56 Å². The van der Waals surface area contributed by atoms with Crippen molar-refractivity contribution in [1.29, 1.82) is 0 Å². The quantitative estimate of drug-likeness (QED) is 0.564. The van der Waals surface area contributed by atoms with Crippen molar-refractivity contribution in [3.63, 3.8) is 0 Å². The number of rotatable bonds is 5. The summed E-state index contributed by atoms with van der Waals surface area (Å²) in [6.45, 7) is 0. The summed E-state index contributed by atoms with van der Waals surface area (Å²) in [5.74, 6) is -2.90. The van der Waals surface area contributed by atoms with Gasteiger partial charge in [-0.3, -0.25) is 5.73 Å². The molecule has 1 unspecified atom stereocenters. The summed E-state index contributed by atoms with van der Waals surface area (Å²) in [5.41, 5.74) is 7.21. The molecule has 0 amide bonds. The van der Waals surface area contributed by atoms with Gasteiger partial charge in [0.15, 0.2) is 0 Å². The average molecular weight is 352 g/mol. The van der Waals surface area contributed by atoms with Gasteiger partial charge in [0, 0.05) is 11.4 Å². The Kier molecular flexibility index (Phi) is 8.32. The van der Waals surface area contributed by atoms with Gasteiger partial charge < -0.3 is 14.9 Å². The van der Waals surface area contributed by atoms with Crippen molar-refractivity contribution in [2.75, 3.05) is 0 Å². The van der Waals surface area contributed by atoms with Gasteiger partial charge in [-0.15, -0.1) is 0 Å². The van der Waals surface area contributed by atoms with E-state index in [0.717, 1.165) is 18.6 Å². The Labute approximate surface area is 144 Å². The SMILES string of the molecule is NC(CCc1ccccc1)Oc1ccc(Cl)cc1.O=C(O)C(=O)O. The van der Waals surface area contributed by atoms with Crippen molar-refractivity contribution < 1.29 is 24.5 Å². The Morgan fingerprint density at radius 3 is 2.04 bits per heavy atom. The summed E-state index contributed by atoms with van der Waals surface area (Å²) in [6.07, 6.45) is 1.40. The zero-order valence-electron chi connectivity index (χ0n) is 12.8. The molecule has 0 aliphatic rings. The fourth-order valence-corrected chi connectivity index (χ4v) is 1.83. The molecule has 2 aromatic carbocycles. The highest BCUT2D eigenvalue weighted by atomic mass is 35.5. The number of nitrogens with two attached hydrogens (primary N) is 1. The van der Waals surface area contributed by atoms with E-state index < -0.39 is 11.9 Å². The van der Waals surface area contributed by atoms with E-state index in [1.807, 2.05) is 30.3 Å². The molecule has 128 valence electrons. The number of aliphatic carboxylic acids is 2. The molecule has 1 atom stereocenters. The topological polar surface area (TPSA) is 110 Å². The van der Waals surface area contributed by atoms with Crippen LogP contribution in [0.15, 0.2) is 54.6 Å². The second-order valence-corrected chi connectivity index (χ2v) is 5.18. The summed E-state index contributed by atoms with van der Waals surface area (Å²) in [6, 6.07) is 17.5. The molecule has 0 bridgehead atoms. The van der Waals surface area contributed by atoms with Crippen LogP contribution in [0.1, 0.15) is 12.0 Å². The van der Waals surface area contributed by atoms with E-state index in [4.69, 9.17) is 41.9 Å². The molecule has 0 spiro atoms. The molecule has 0 aliphatic carbocycles. The lowest BCUT2D eigenvalue weighted by Gasteiger charge is -2.14. The highest BCUT2D eigenvalue weighted by Gasteiger charge is 2.05. The highest BCUT2D eigenvalue weighted by Crippen LogP contribution is 2.17. The lowest BCUT2D eigenvalue weighted by atomic mass is 10.1. The third kappa shape index (κ3) is 8.17. The molecule has 0 saturated carbocycles. The summed E-state index contributed by atoms with van der Waals surface area (Å²) >= 11 is 5.80. The molecule has 0 radical (unpaired) electrons. The van der Waals surface area contributed by atoms with Gasteiger partial charge in [0.25, 0.3) is 0 Å². The van der Waals surface area contributed by atoms with Crippen LogP contribution in [-0.4, -0.2) is 28.4 Å². The van der Waals surface area contributed by atoms with Gasteiger partial charge in [-0.25, -0.2) is 9.59 Å². The number of carbonyl (C=O) groups is 2. The Hall–Kier alpha value is -2.57. The zero-order chi connectivity index (χ0) is 17.9. The highest BCUT2D eigenvalue weighted by molar-refractivity contribution is 6.30. The van der Waals surface area contributed by atoms with E-state index in [9.17, 15) is 0 Å². The maximum atomic E-state index is 9.10. The van der Waals surface area contributed by atoms with Crippen LogP contribution in [-0.2, 0) is 16.0 Å². The van der Waals surface area contributed by atoms with Crippen molar-refractivity contribution in [1.82, 2.24) is 0 Å². The first-order chi connectivity index (χ1) is 11.4. The lowest BCUT2D eigenvalue weighted by Crippen LogP contribution is -2.27. The van der Waals surface area contributed by atoms with Crippen LogP contribution in [0, 0.1) is 0 Å². The van der Waals surface area contributed by atoms with Crippen LogP contribution in [0.5, 0.6) is 5.75 Å². The van der Waals surface area contributed by atoms with E-state index >= 15 is 0 Å². The van der Waals surface area contributed by atoms with Crippen molar-refractivity contribution >= 4 is 23.5 Å². The minimum Gasteiger partial charge on any atom is -0.476 e. The fourth-order valence-electron chi connectivity index (χ4n) is 1.70. The fraction of sp³-hybridized carbons (Fsp3) is 0.176. The summed E-state index contributed by atoms with van der Waals surface area (Å²) in [4.78, 5) is 18.2. The molecule has 24 heavy (non-hydrogen) atoms. The Balaban J connectivity index is 0.000000413. The summed E-state index contributed by atoms with van der Waals surface area (Å²) in [5, 5.41) is 15.5. The minimum absolute atomic E-state index is 0.300. The largest absolute Gasteiger partial charge is 0.476 e. The van der Waals surface area contributed by atoms with Crippen LogP contribution >= 0.6 is 11.6 Å². The third-order valence-electron chi connectivity index (χ3n) is 2.84. The molecular weight excluding hydrogens is 334 g/mol. The number of benzene rings is 2. The molecule has 0 heterocycles. The second-order valence-electron chi connectivity index (χ2n) is 4.74. The molecule has 0 fully saturated rings. The van der Waals surface area contributed by atoms with Crippen molar-refractivity contribution in [2.24, 2.45) is 5.73 Å². The van der Waals surface area contributed by atoms with Gasteiger partial charge in [0.2, 0.25) is 0 Å². The van der Waals surface area contributed by atoms with E-state index in [1.54, 1.807) is 12.1 Å². The number of halogens is 1. The smallest absolute Gasteiger partial charge is 0.414 e. The zero-order valence-corrected chi connectivity index (χ0v) is 13.5. The maximum absolute atomic E-state index is 9.10. The predicted octanol–water partition coefficient (Wildman–Crippen LogP) is 2.79. The van der Waals surface area contributed by atoms with Gasteiger partial charge in [0.1, 0.15) is 12.0 Å². The van der Waals surface area contributed by atoms with Crippen molar-refractivity contribution in [3.8, 4) is 5.75 Å². The minimum atomic E-state index is -1.82. The summed E-state index contributed by atoms with van der Waals surface area (Å²) in [7, 11) is 0. The van der Waals surface area contributed by atoms with E-state index in [-0.39, 0.29) is 6.23 Å². The van der Waals surface area contributed by atoms with Gasteiger partial charge in [-0.1, -0.05) is 41.9 Å². The maximum Gasteiger partial charge on any atom is 0.414 e. The second kappa shape index (κ2) is 10.3. The number of hydrogen-bond acceptors (Lipinski definition) is 4. The Morgan fingerprint density at radius 1 is 1.00 bits per heavy atom. The molecule has 0 aliphatic heterocycles. The number of hydrogen-bond donors (Lipinski definition) is 3. The number of carboxylic acids is 2. The monoisotopic (exact) mass is 351 g/mol. The molecular formula is C17H18ClNO5. The van der Waals surface area contributed by atoms with Crippen LogP contribution in [0.25, 0.3) is 0 Å².